The summed E-state index contributed by atoms with van der Waals surface area (Å²) in [6, 6.07) is 9.88. The second-order valence-corrected chi connectivity index (χ2v) is 6.56. The van der Waals surface area contributed by atoms with Crippen LogP contribution in [0, 0.1) is 0 Å². The van der Waals surface area contributed by atoms with Crippen molar-refractivity contribution in [3.63, 3.8) is 0 Å². The lowest BCUT2D eigenvalue weighted by Crippen LogP contribution is -2.44. The van der Waals surface area contributed by atoms with Gasteiger partial charge in [0.2, 0.25) is 0 Å². The number of rotatable bonds is 5. The first-order valence-corrected chi connectivity index (χ1v) is 8.84. The zero-order valence-electron chi connectivity index (χ0n) is 15.3. The first-order chi connectivity index (χ1) is 13.0. The first kappa shape index (κ1) is 18.7. The number of aromatic nitrogens is 1. The fraction of sp³-hybridized carbons (Fsp3) is 0.316. The maximum atomic E-state index is 12.2. The molecule has 3 amide bonds. The van der Waals surface area contributed by atoms with Crippen molar-refractivity contribution in [2.75, 3.05) is 43.4 Å². The summed E-state index contributed by atoms with van der Waals surface area (Å²) in [6.45, 7) is 4.41. The Balaban J connectivity index is 1.52. The van der Waals surface area contributed by atoms with Crippen LogP contribution in [0.2, 0.25) is 0 Å². The van der Waals surface area contributed by atoms with Crippen LogP contribution in [-0.2, 0) is 6.54 Å². The Hall–Kier alpha value is -3.13. The summed E-state index contributed by atoms with van der Waals surface area (Å²) < 4.78 is 0. The van der Waals surface area contributed by atoms with Crippen LogP contribution in [0.4, 0.5) is 16.3 Å². The van der Waals surface area contributed by atoms with Crippen molar-refractivity contribution >= 4 is 23.4 Å². The molecule has 3 rings (SSSR count). The summed E-state index contributed by atoms with van der Waals surface area (Å²) >= 11 is 0. The molecule has 8 nitrogen and oxygen atoms in total. The number of amides is 3. The van der Waals surface area contributed by atoms with Crippen molar-refractivity contribution in [2.24, 2.45) is 5.73 Å². The molecule has 0 radical (unpaired) electrons. The molecule has 0 aliphatic carbocycles. The quantitative estimate of drug-likeness (QED) is 0.737. The minimum Gasteiger partial charge on any atom is -0.354 e. The molecular formula is C19H24N6O2. The standard InChI is InChI=1S/C19H24N6O2/c1-24-8-10-25(11-9-24)17-7-2-14(12-21-17)13-22-18(26)15-3-5-16(6-4-15)23-19(20)27/h2-7,12H,8-11,13H2,1H3,(H,22,26)(H3,20,23,27). The topological polar surface area (TPSA) is 104 Å². The van der Waals surface area contributed by atoms with Gasteiger partial charge in [-0.05, 0) is 42.9 Å². The number of hydrogen-bond donors (Lipinski definition) is 3. The second-order valence-electron chi connectivity index (χ2n) is 6.56. The van der Waals surface area contributed by atoms with Crippen LogP contribution < -0.4 is 21.3 Å². The zero-order valence-corrected chi connectivity index (χ0v) is 15.3. The third-order valence-electron chi connectivity index (χ3n) is 4.50. The number of benzene rings is 1. The van der Waals surface area contributed by atoms with E-state index in [9.17, 15) is 9.59 Å². The smallest absolute Gasteiger partial charge is 0.316 e. The Kier molecular flexibility index (Phi) is 5.87. The molecule has 0 bridgehead atoms. The Labute approximate surface area is 158 Å². The van der Waals surface area contributed by atoms with Gasteiger partial charge in [0.15, 0.2) is 0 Å². The fourth-order valence-corrected chi connectivity index (χ4v) is 2.88. The van der Waals surface area contributed by atoms with E-state index in [1.54, 1.807) is 30.5 Å². The highest BCUT2D eigenvalue weighted by Gasteiger charge is 2.15. The van der Waals surface area contributed by atoms with Crippen molar-refractivity contribution in [3.8, 4) is 0 Å². The third-order valence-corrected chi connectivity index (χ3v) is 4.50. The van der Waals surface area contributed by atoms with Crippen LogP contribution in [0.25, 0.3) is 0 Å². The monoisotopic (exact) mass is 368 g/mol. The van der Waals surface area contributed by atoms with E-state index in [1.165, 1.54) is 0 Å². The van der Waals surface area contributed by atoms with E-state index < -0.39 is 6.03 Å². The molecule has 8 heteroatoms. The number of pyridine rings is 1. The molecule has 1 aromatic heterocycles. The van der Waals surface area contributed by atoms with Crippen LogP contribution in [-0.4, -0.2) is 55.0 Å². The SMILES string of the molecule is CN1CCN(c2ccc(CNC(=O)c3ccc(NC(N)=O)cc3)cn2)CC1. The Morgan fingerprint density at radius 3 is 2.37 bits per heavy atom. The second kappa shape index (κ2) is 8.50. The van der Waals surface area contributed by atoms with Crippen LogP contribution in [0.15, 0.2) is 42.6 Å². The van der Waals surface area contributed by atoms with Crippen molar-refractivity contribution < 1.29 is 9.59 Å². The van der Waals surface area contributed by atoms with Gasteiger partial charge in [0.05, 0.1) is 0 Å². The Morgan fingerprint density at radius 2 is 1.78 bits per heavy atom. The number of urea groups is 1. The van der Waals surface area contributed by atoms with Gasteiger partial charge in [-0.25, -0.2) is 9.78 Å². The molecule has 0 atom stereocenters. The number of nitrogens with two attached hydrogens (primary N) is 1. The summed E-state index contributed by atoms with van der Waals surface area (Å²) in [6.07, 6.45) is 1.80. The van der Waals surface area contributed by atoms with Gasteiger partial charge in [-0.1, -0.05) is 6.07 Å². The van der Waals surface area contributed by atoms with Gasteiger partial charge in [0, 0.05) is 50.2 Å². The molecule has 1 aliphatic rings. The normalized spacial score (nSPS) is 14.6. The maximum Gasteiger partial charge on any atom is 0.316 e. The molecule has 1 saturated heterocycles. The van der Waals surface area contributed by atoms with E-state index in [-0.39, 0.29) is 5.91 Å². The van der Waals surface area contributed by atoms with Gasteiger partial charge in [-0.2, -0.15) is 0 Å². The zero-order chi connectivity index (χ0) is 19.2. The van der Waals surface area contributed by atoms with Crippen molar-refractivity contribution in [1.29, 1.82) is 0 Å². The molecule has 0 saturated carbocycles. The van der Waals surface area contributed by atoms with Crippen LogP contribution in [0.3, 0.4) is 0 Å². The molecule has 27 heavy (non-hydrogen) atoms. The number of carbonyl (C=O) groups excluding carboxylic acids is 2. The molecule has 1 aromatic carbocycles. The number of primary amides is 1. The highest BCUT2D eigenvalue weighted by atomic mass is 16.2. The molecule has 4 N–H and O–H groups in total. The van der Waals surface area contributed by atoms with Gasteiger partial charge < -0.3 is 26.2 Å². The number of nitrogens with zero attached hydrogens (tertiary/aromatic N) is 3. The van der Waals surface area contributed by atoms with Crippen LogP contribution in [0.5, 0.6) is 0 Å². The van der Waals surface area contributed by atoms with E-state index in [1.807, 2.05) is 12.1 Å². The number of anilines is 2. The molecule has 142 valence electrons. The predicted octanol–water partition coefficient (Wildman–Crippen LogP) is 1.25. The van der Waals surface area contributed by atoms with E-state index in [0.717, 1.165) is 37.6 Å². The van der Waals surface area contributed by atoms with Gasteiger partial charge in [-0.15, -0.1) is 0 Å². The van der Waals surface area contributed by atoms with Gasteiger partial charge in [-0.3, -0.25) is 4.79 Å². The van der Waals surface area contributed by atoms with E-state index in [2.05, 4.69) is 32.5 Å². The summed E-state index contributed by atoms with van der Waals surface area (Å²) in [5.41, 5.74) is 7.05. The van der Waals surface area contributed by atoms with Crippen LogP contribution in [0.1, 0.15) is 15.9 Å². The number of nitrogens with one attached hydrogen (secondary N) is 2. The first-order valence-electron chi connectivity index (χ1n) is 8.84. The van der Waals surface area contributed by atoms with Crippen molar-refractivity contribution in [1.82, 2.24) is 15.2 Å². The number of likely N-dealkylation sites (N-methyl/N-ethyl adjacent to an activating group) is 1. The average molecular weight is 368 g/mol. The molecule has 1 aliphatic heterocycles. The molecule has 2 heterocycles. The Morgan fingerprint density at radius 1 is 1.07 bits per heavy atom. The third kappa shape index (κ3) is 5.18. The molecule has 0 spiro atoms. The van der Waals surface area contributed by atoms with Gasteiger partial charge in [0.25, 0.3) is 5.91 Å². The predicted molar refractivity (Wildman–Crippen MR) is 105 cm³/mol. The fourth-order valence-electron chi connectivity index (χ4n) is 2.88. The summed E-state index contributed by atoms with van der Waals surface area (Å²) in [4.78, 5) is 32.1. The van der Waals surface area contributed by atoms with Crippen LogP contribution >= 0.6 is 0 Å². The molecular weight excluding hydrogens is 344 g/mol. The highest BCUT2D eigenvalue weighted by molar-refractivity contribution is 5.95. The van der Waals surface area contributed by atoms with E-state index >= 15 is 0 Å². The van der Waals surface area contributed by atoms with Crippen molar-refractivity contribution in [2.45, 2.75) is 6.54 Å². The molecule has 1 fully saturated rings. The average Bonchev–Trinajstić information content (AvgIpc) is 2.67. The highest BCUT2D eigenvalue weighted by Crippen LogP contribution is 2.14. The number of piperazine rings is 1. The Bertz CT molecular complexity index is 783. The van der Waals surface area contributed by atoms with Gasteiger partial charge in [0.1, 0.15) is 5.82 Å². The van der Waals surface area contributed by atoms with E-state index in [4.69, 9.17) is 5.73 Å². The molecule has 0 unspecified atom stereocenters. The summed E-state index contributed by atoms with van der Waals surface area (Å²) in [7, 11) is 2.12. The van der Waals surface area contributed by atoms with E-state index in [0.29, 0.717) is 17.8 Å². The number of carbonyl (C=O) groups is 2. The lowest BCUT2D eigenvalue weighted by molar-refractivity contribution is 0.0951. The van der Waals surface area contributed by atoms with Crippen molar-refractivity contribution in [3.05, 3.63) is 53.7 Å². The summed E-state index contributed by atoms with van der Waals surface area (Å²) in [5.74, 6) is 0.777. The van der Waals surface area contributed by atoms with Gasteiger partial charge >= 0.3 is 6.03 Å². The summed E-state index contributed by atoms with van der Waals surface area (Å²) in [5, 5.41) is 5.32. The minimum absolute atomic E-state index is 0.191. The lowest BCUT2D eigenvalue weighted by Gasteiger charge is -2.33. The molecule has 2 aromatic rings. The minimum atomic E-state index is -0.639. The lowest BCUT2D eigenvalue weighted by atomic mass is 10.2. The largest absolute Gasteiger partial charge is 0.354 e. The number of hydrogen-bond acceptors (Lipinski definition) is 5. The maximum absolute atomic E-state index is 12.2.